The Labute approximate surface area is 189 Å². The van der Waals surface area contributed by atoms with Crippen molar-refractivity contribution in [3.8, 4) is 5.75 Å². The summed E-state index contributed by atoms with van der Waals surface area (Å²) in [7, 11) is 1.12. The number of rotatable bonds is 3. The third-order valence-corrected chi connectivity index (χ3v) is 6.79. The molecule has 0 spiro atoms. The molecule has 12 heteroatoms. The van der Waals surface area contributed by atoms with Gasteiger partial charge in [0.05, 0.1) is 23.5 Å². The van der Waals surface area contributed by atoms with Crippen molar-refractivity contribution >= 4 is 27.8 Å². The highest BCUT2D eigenvalue weighted by atomic mass is 19.4. The van der Waals surface area contributed by atoms with Crippen molar-refractivity contribution in [2.24, 2.45) is 5.92 Å². The van der Waals surface area contributed by atoms with Crippen molar-refractivity contribution in [1.82, 2.24) is 20.2 Å². The fourth-order valence-electron chi connectivity index (χ4n) is 4.78. The van der Waals surface area contributed by atoms with Crippen LogP contribution in [0.5, 0.6) is 5.75 Å². The van der Waals surface area contributed by atoms with E-state index in [1.807, 2.05) is 0 Å². The summed E-state index contributed by atoms with van der Waals surface area (Å²) in [6.45, 7) is 2.27. The fourth-order valence-corrected chi connectivity index (χ4v) is 4.78. The predicted octanol–water partition coefficient (Wildman–Crippen LogP) is 5.12. The van der Waals surface area contributed by atoms with Crippen molar-refractivity contribution < 1.29 is 31.4 Å². The summed E-state index contributed by atoms with van der Waals surface area (Å²) in [5, 5.41) is 6.16. The van der Waals surface area contributed by atoms with E-state index in [2.05, 4.69) is 20.2 Å². The number of fused-ring (bicyclic) bond motifs is 3. The van der Waals surface area contributed by atoms with Gasteiger partial charge < -0.3 is 15.2 Å². The molecule has 2 aromatic heterocycles. The van der Waals surface area contributed by atoms with Gasteiger partial charge in [-0.1, -0.05) is 13.0 Å². The van der Waals surface area contributed by atoms with E-state index >= 15 is 0 Å². The van der Waals surface area contributed by atoms with Crippen molar-refractivity contribution in [2.45, 2.75) is 37.6 Å². The van der Waals surface area contributed by atoms with E-state index in [1.54, 1.807) is 12.1 Å². The molecule has 1 fully saturated rings. The van der Waals surface area contributed by atoms with Crippen molar-refractivity contribution in [3.05, 3.63) is 47.3 Å². The second kappa shape index (κ2) is 7.29. The first-order valence-corrected chi connectivity index (χ1v) is 10.4. The normalized spacial score (nSPS) is 25.5. The van der Waals surface area contributed by atoms with Gasteiger partial charge in [0.15, 0.2) is 23.0 Å². The molecule has 34 heavy (non-hydrogen) atoms. The van der Waals surface area contributed by atoms with Crippen LogP contribution in [0.2, 0.25) is 0 Å². The van der Waals surface area contributed by atoms with E-state index in [4.69, 9.17) is 15.2 Å². The molecule has 180 valence electrons. The molecule has 0 amide bonds. The molecule has 1 aliphatic heterocycles. The minimum atomic E-state index is -4.76. The molecule has 0 radical (unpaired) electrons. The van der Waals surface area contributed by atoms with Crippen LogP contribution in [0.25, 0.3) is 21.9 Å². The van der Waals surface area contributed by atoms with Gasteiger partial charge in [0, 0.05) is 17.4 Å². The Morgan fingerprint density at radius 2 is 1.85 bits per heavy atom. The fraction of sp³-hybridized carbons (Fsp3) is 0.364. The molecule has 1 aliphatic rings. The number of imidazole rings is 1. The van der Waals surface area contributed by atoms with Crippen molar-refractivity contribution in [3.63, 3.8) is 0 Å². The van der Waals surface area contributed by atoms with Gasteiger partial charge in [-0.25, -0.2) is 14.4 Å². The Morgan fingerprint density at radius 3 is 2.53 bits per heavy atom. The van der Waals surface area contributed by atoms with Crippen LogP contribution in [0, 0.1) is 17.6 Å². The zero-order valence-corrected chi connectivity index (χ0v) is 18.2. The van der Waals surface area contributed by atoms with Gasteiger partial charge >= 0.3 is 6.18 Å². The maximum Gasteiger partial charge on any atom is 0.417 e. The van der Waals surface area contributed by atoms with E-state index < -0.39 is 47.1 Å². The Balaban J connectivity index is 1.73. The molecule has 4 atom stereocenters. The Hall–Kier alpha value is -3.41. The lowest BCUT2D eigenvalue weighted by atomic mass is 9.77. The molecule has 0 bridgehead atoms. The van der Waals surface area contributed by atoms with Crippen LogP contribution in [-0.2, 0) is 4.74 Å². The van der Waals surface area contributed by atoms with Crippen LogP contribution < -0.4 is 10.5 Å². The van der Waals surface area contributed by atoms with Crippen LogP contribution in [0.1, 0.15) is 37.3 Å². The number of hydrogen-bond donors (Lipinski definition) is 3. The van der Waals surface area contributed by atoms with E-state index in [9.17, 15) is 22.0 Å². The molecule has 7 nitrogen and oxygen atoms in total. The van der Waals surface area contributed by atoms with Gasteiger partial charge in [0.2, 0.25) is 5.82 Å². The summed E-state index contributed by atoms with van der Waals surface area (Å²) in [5.41, 5.74) is 4.81. The standard InChI is InChI=1S/C22H20F5N5O2/c1-8-13(9-4-5-10(23)15(24)17(9)33-3)18(34-21(8,2)22(25,26)27)20-29-12-7-6-11-14(16(12)30-20)19(28)32-31-11/h4-8,13,18,31-32H,28H2,1-3H3/t8-,13-,18+,21+/m0/s1. The Kier molecular flexibility index (Phi) is 4.80. The maximum atomic E-state index is 14.5. The lowest BCUT2D eigenvalue weighted by Gasteiger charge is -2.32. The first-order valence-electron chi connectivity index (χ1n) is 10.4. The van der Waals surface area contributed by atoms with Gasteiger partial charge in [-0.05, 0) is 25.1 Å². The molecule has 3 heterocycles. The minimum Gasteiger partial charge on any atom is -0.493 e. The highest BCUT2D eigenvalue weighted by Crippen LogP contribution is 2.59. The molecule has 2 aromatic carbocycles. The number of nitrogen functional groups attached to an aromatic ring is 1. The SMILES string of the molecule is COc1c([C@H]2[C@H](c3nc4ccc5[nH][nH]c(N)c5c4n3)O[C@@](C)(C(F)(F)F)[C@H]2C)ccc(F)c1F. The summed E-state index contributed by atoms with van der Waals surface area (Å²) in [4.78, 5) is 8.90. The van der Waals surface area contributed by atoms with Gasteiger partial charge in [0.25, 0.3) is 0 Å². The second-order valence-electron chi connectivity index (χ2n) is 8.54. The zero-order chi connectivity index (χ0) is 24.6. The summed E-state index contributed by atoms with van der Waals surface area (Å²) < 4.78 is 81.6. The average molecular weight is 481 g/mol. The van der Waals surface area contributed by atoms with Crippen molar-refractivity contribution in [2.75, 3.05) is 12.8 Å². The lowest BCUT2D eigenvalue weighted by molar-refractivity contribution is -0.275. The molecule has 0 unspecified atom stereocenters. The highest BCUT2D eigenvalue weighted by molar-refractivity contribution is 6.08. The van der Waals surface area contributed by atoms with Crippen LogP contribution in [0.4, 0.5) is 27.8 Å². The summed E-state index contributed by atoms with van der Waals surface area (Å²) in [6.07, 6.45) is -6.09. The summed E-state index contributed by atoms with van der Waals surface area (Å²) in [6, 6.07) is 5.41. The van der Waals surface area contributed by atoms with Gasteiger partial charge in [0.1, 0.15) is 17.4 Å². The lowest BCUT2D eigenvalue weighted by Crippen LogP contribution is -2.46. The van der Waals surface area contributed by atoms with Gasteiger partial charge in [-0.2, -0.15) is 17.6 Å². The number of benzene rings is 2. The largest absolute Gasteiger partial charge is 0.493 e. The number of halogens is 5. The number of nitrogens with one attached hydrogen (secondary N) is 2. The predicted molar refractivity (Wildman–Crippen MR) is 113 cm³/mol. The third-order valence-electron chi connectivity index (χ3n) is 6.79. The molecule has 4 aromatic rings. The number of aromatic nitrogens is 4. The van der Waals surface area contributed by atoms with Gasteiger partial charge in [-0.3, -0.25) is 10.2 Å². The first-order chi connectivity index (χ1) is 16.0. The molecular weight excluding hydrogens is 461 g/mol. The summed E-state index contributed by atoms with van der Waals surface area (Å²) >= 11 is 0. The number of anilines is 1. The first kappa shape index (κ1) is 22.4. The molecule has 1 saturated heterocycles. The number of nitrogens with zero attached hydrogens (tertiary/aromatic N) is 2. The second-order valence-corrected chi connectivity index (χ2v) is 8.54. The molecule has 0 aliphatic carbocycles. The van der Waals surface area contributed by atoms with Gasteiger partial charge in [-0.15, -0.1) is 0 Å². The molecule has 0 saturated carbocycles. The summed E-state index contributed by atoms with van der Waals surface area (Å²) in [5.74, 6) is -5.02. The van der Waals surface area contributed by atoms with E-state index in [1.165, 1.54) is 13.0 Å². The van der Waals surface area contributed by atoms with E-state index in [0.29, 0.717) is 21.9 Å². The highest BCUT2D eigenvalue weighted by Gasteiger charge is 2.65. The van der Waals surface area contributed by atoms with E-state index in [0.717, 1.165) is 20.1 Å². The number of H-pyrrole nitrogens is 2. The number of nitrogens with two attached hydrogens (primary N) is 1. The number of alkyl halides is 3. The Morgan fingerprint density at radius 1 is 1.12 bits per heavy atom. The maximum absolute atomic E-state index is 14.5. The number of hydrogen-bond acceptors (Lipinski definition) is 5. The number of methoxy groups -OCH3 is 1. The molecule has 4 N–H and O–H groups in total. The number of aromatic amines is 2. The van der Waals surface area contributed by atoms with Crippen LogP contribution in [0.15, 0.2) is 24.3 Å². The zero-order valence-electron chi connectivity index (χ0n) is 18.2. The minimum absolute atomic E-state index is 0.0280. The van der Waals surface area contributed by atoms with Crippen LogP contribution in [0.3, 0.4) is 0 Å². The molecule has 5 rings (SSSR count). The third kappa shape index (κ3) is 2.97. The Bertz CT molecular complexity index is 1410. The topological polar surface area (TPSA) is 102 Å². The van der Waals surface area contributed by atoms with Crippen LogP contribution in [-0.4, -0.2) is 39.1 Å². The molecular formula is C22H20F5N5O2. The van der Waals surface area contributed by atoms with E-state index in [-0.39, 0.29) is 17.2 Å². The van der Waals surface area contributed by atoms with Crippen molar-refractivity contribution in [1.29, 1.82) is 0 Å². The smallest absolute Gasteiger partial charge is 0.417 e. The quantitative estimate of drug-likeness (QED) is 0.353. The monoisotopic (exact) mass is 481 g/mol. The number of ether oxygens (including phenoxy) is 2. The van der Waals surface area contributed by atoms with Crippen LogP contribution >= 0.6 is 0 Å². The average Bonchev–Trinajstić information content (AvgIpc) is 3.44.